The summed E-state index contributed by atoms with van der Waals surface area (Å²) in [4.78, 5) is 12.4. The molecule has 0 aliphatic carbocycles. The van der Waals surface area contributed by atoms with Crippen LogP contribution in [0, 0.1) is 5.82 Å². The molecule has 0 aliphatic heterocycles. The van der Waals surface area contributed by atoms with Gasteiger partial charge in [-0.05, 0) is 56.5 Å². The van der Waals surface area contributed by atoms with Crippen molar-refractivity contribution in [3.8, 4) is 0 Å². The van der Waals surface area contributed by atoms with Crippen molar-refractivity contribution < 1.29 is 9.18 Å². The fourth-order valence-electron chi connectivity index (χ4n) is 1.93. The van der Waals surface area contributed by atoms with Gasteiger partial charge in [-0.2, -0.15) is 0 Å². The Morgan fingerprint density at radius 2 is 2.10 bits per heavy atom. The van der Waals surface area contributed by atoms with Crippen molar-refractivity contribution in [3.05, 3.63) is 49.9 Å². The van der Waals surface area contributed by atoms with E-state index < -0.39 is 5.82 Å². The number of benzene rings is 1. The van der Waals surface area contributed by atoms with Gasteiger partial charge in [0.1, 0.15) is 11.5 Å². The molecule has 0 atom stereocenters. The number of anilines is 1. The summed E-state index contributed by atoms with van der Waals surface area (Å²) in [5.41, 5.74) is 0.861. The minimum Gasteiger partial charge on any atom is -0.342 e. The van der Waals surface area contributed by atoms with Gasteiger partial charge in [-0.15, -0.1) is 0 Å². The predicted octanol–water partition coefficient (Wildman–Crippen LogP) is 5.47. The van der Waals surface area contributed by atoms with E-state index in [4.69, 9.17) is 11.6 Å². The van der Waals surface area contributed by atoms with Gasteiger partial charge in [0.05, 0.1) is 10.7 Å². The summed E-state index contributed by atoms with van der Waals surface area (Å²) < 4.78 is 16.3. The summed E-state index contributed by atoms with van der Waals surface area (Å²) in [7, 11) is 0. The molecule has 1 N–H and O–H groups in total. The van der Waals surface area contributed by atoms with Crippen LogP contribution in [0.2, 0.25) is 5.02 Å². The molecule has 2 aromatic rings. The Balaban J connectivity index is 2.30. The first-order valence-corrected chi connectivity index (χ1v) is 8.20. The molecule has 112 valence electrons. The lowest BCUT2D eigenvalue weighted by Gasteiger charge is -2.11. The summed E-state index contributed by atoms with van der Waals surface area (Å²) in [6.07, 6.45) is 2.75. The molecule has 0 spiro atoms. The number of amides is 1. The average molecular weight is 439 g/mol. The maximum Gasteiger partial charge on any atom is 0.272 e. The number of rotatable bonds is 4. The van der Waals surface area contributed by atoms with Gasteiger partial charge in [0.2, 0.25) is 0 Å². The first-order valence-electron chi connectivity index (χ1n) is 6.24. The molecule has 0 aliphatic rings. The minimum atomic E-state index is -0.470. The minimum absolute atomic E-state index is 0.142. The second-order valence-electron chi connectivity index (χ2n) is 4.44. The third-order valence-electron chi connectivity index (χ3n) is 2.81. The van der Waals surface area contributed by atoms with Crippen LogP contribution in [0.15, 0.2) is 33.3 Å². The molecule has 1 heterocycles. The largest absolute Gasteiger partial charge is 0.342 e. The zero-order valence-corrected chi connectivity index (χ0v) is 15.0. The third-order valence-corrected chi connectivity index (χ3v) is 4.16. The second kappa shape index (κ2) is 6.94. The van der Waals surface area contributed by atoms with Gasteiger partial charge in [-0.25, -0.2) is 4.39 Å². The normalized spacial score (nSPS) is 10.7. The summed E-state index contributed by atoms with van der Waals surface area (Å²) in [6, 6.07) is 4.14. The van der Waals surface area contributed by atoms with Gasteiger partial charge in [0.15, 0.2) is 0 Å². The van der Waals surface area contributed by atoms with Gasteiger partial charge >= 0.3 is 0 Å². The number of aryl methyl sites for hydroxylation is 1. The monoisotopic (exact) mass is 436 g/mol. The Hall–Kier alpha value is -0.850. The van der Waals surface area contributed by atoms with Crippen LogP contribution < -0.4 is 5.32 Å². The lowest BCUT2D eigenvalue weighted by molar-refractivity contribution is 0.101. The van der Waals surface area contributed by atoms with E-state index in [0.29, 0.717) is 15.9 Å². The van der Waals surface area contributed by atoms with Gasteiger partial charge < -0.3 is 9.88 Å². The summed E-state index contributed by atoms with van der Waals surface area (Å²) in [5, 5.41) is 2.85. The standard InChI is InChI=1S/C14H12Br2ClFN2O/c1-2-3-20-7-8(15)4-12(20)14(21)19-13-10(16)5-9(18)6-11(13)17/h4-7H,2-3H2,1H3,(H,19,21). The van der Waals surface area contributed by atoms with Gasteiger partial charge in [0, 0.05) is 21.7 Å². The van der Waals surface area contributed by atoms with Crippen LogP contribution in [-0.4, -0.2) is 10.5 Å². The van der Waals surface area contributed by atoms with Crippen LogP contribution in [0.1, 0.15) is 23.8 Å². The van der Waals surface area contributed by atoms with Crippen LogP contribution in [0.25, 0.3) is 0 Å². The molecule has 1 amide bonds. The molecule has 0 fully saturated rings. The van der Waals surface area contributed by atoms with Crippen LogP contribution in [0.4, 0.5) is 10.1 Å². The highest BCUT2D eigenvalue weighted by atomic mass is 79.9. The van der Waals surface area contributed by atoms with Gasteiger partial charge in [-0.3, -0.25) is 4.79 Å². The highest BCUT2D eigenvalue weighted by molar-refractivity contribution is 9.10. The van der Waals surface area contributed by atoms with Crippen molar-refractivity contribution in [3.63, 3.8) is 0 Å². The molecule has 7 heteroatoms. The lowest BCUT2D eigenvalue weighted by atomic mass is 10.3. The molecule has 0 saturated carbocycles. The highest BCUT2D eigenvalue weighted by Crippen LogP contribution is 2.32. The molecule has 2 rings (SSSR count). The Kier molecular flexibility index (Phi) is 5.46. The van der Waals surface area contributed by atoms with E-state index in [1.807, 2.05) is 17.7 Å². The highest BCUT2D eigenvalue weighted by Gasteiger charge is 2.16. The zero-order chi connectivity index (χ0) is 15.6. The van der Waals surface area contributed by atoms with E-state index in [-0.39, 0.29) is 10.9 Å². The van der Waals surface area contributed by atoms with E-state index in [1.54, 1.807) is 6.07 Å². The third kappa shape index (κ3) is 3.87. The first kappa shape index (κ1) is 16.5. The number of hydrogen-bond acceptors (Lipinski definition) is 1. The van der Waals surface area contributed by atoms with Crippen molar-refractivity contribution in [1.29, 1.82) is 0 Å². The Labute approximate surface area is 143 Å². The fraction of sp³-hybridized carbons (Fsp3) is 0.214. The Bertz CT molecular complexity index is 665. The lowest BCUT2D eigenvalue weighted by Crippen LogP contribution is -2.17. The molecule has 1 aromatic heterocycles. The number of carbonyl (C=O) groups excluding carboxylic acids is 1. The van der Waals surface area contributed by atoms with Crippen molar-refractivity contribution in [2.45, 2.75) is 19.9 Å². The number of halogens is 4. The SMILES string of the molecule is CCCn1cc(Br)cc1C(=O)Nc1c(Cl)cc(F)cc1Br. The number of carbonyl (C=O) groups is 1. The molecular weight excluding hydrogens is 426 g/mol. The number of hydrogen-bond donors (Lipinski definition) is 1. The topological polar surface area (TPSA) is 34.0 Å². The Morgan fingerprint density at radius 3 is 2.71 bits per heavy atom. The average Bonchev–Trinajstić information content (AvgIpc) is 2.75. The second-order valence-corrected chi connectivity index (χ2v) is 6.61. The van der Waals surface area contributed by atoms with Crippen LogP contribution in [0.5, 0.6) is 0 Å². The number of nitrogens with zero attached hydrogens (tertiary/aromatic N) is 1. The molecule has 0 saturated heterocycles. The van der Waals surface area contributed by atoms with Gasteiger partial charge in [0.25, 0.3) is 5.91 Å². The van der Waals surface area contributed by atoms with Crippen LogP contribution in [-0.2, 0) is 6.54 Å². The number of aromatic nitrogens is 1. The molecular formula is C14H12Br2ClFN2O. The molecule has 0 bridgehead atoms. The summed E-state index contributed by atoms with van der Waals surface area (Å²) in [5.74, 6) is -0.773. The molecule has 21 heavy (non-hydrogen) atoms. The molecule has 0 unspecified atom stereocenters. The van der Waals surface area contributed by atoms with Crippen molar-refractivity contribution in [2.24, 2.45) is 0 Å². The van der Waals surface area contributed by atoms with Crippen molar-refractivity contribution >= 4 is 55.1 Å². The number of nitrogens with one attached hydrogen (secondary N) is 1. The van der Waals surface area contributed by atoms with E-state index in [1.165, 1.54) is 6.07 Å². The predicted molar refractivity (Wildman–Crippen MR) is 89.5 cm³/mol. The Morgan fingerprint density at radius 1 is 1.38 bits per heavy atom. The first-order chi connectivity index (χ1) is 9.92. The quantitative estimate of drug-likeness (QED) is 0.675. The zero-order valence-electron chi connectivity index (χ0n) is 11.1. The van der Waals surface area contributed by atoms with E-state index >= 15 is 0 Å². The van der Waals surface area contributed by atoms with Crippen molar-refractivity contribution in [1.82, 2.24) is 4.57 Å². The van der Waals surface area contributed by atoms with Gasteiger partial charge in [-0.1, -0.05) is 18.5 Å². The maximum atomic E-state index is 13.2. The molecule has 0 radical (unpaired) electrons. The smallest absolute Gasteiger partial charge is 0.272 e. The fourth-order valence-corrected chi connectivity index (χ4v) is 3.29. The molecule has 3 nitrogen and oxygen atoms in total. The summed E-state index contributed by atoms with van der Waals surface area (Å²) >= 11 is 12.5. The van der Waals surface area contributed by atoms with Crippen LogP contribution in [0.3, 0.4) is 0 Å². The maximum absolute atomic E-state index is 13.2. The van der Waals surface area contributed by atoms with E-state index in [9.17, 15) is 9.18 Å². The van der Waals surface area contributed by atoms with E-state index in [2.05, 4.69) is 37.2 Å². The van der Waals surface area contributed by atoms with Crippen LogP contribution >= 0.6 is 43.5 Å². The summed E-state index contributed by atoms with van der Waals surface area (Å²) in [6.45, 7) is 2.76. The van der Waals surface area contributed by atoms with E-state index in [0.717, 1.165) is 23.5 Å². The molecule has 1 aromatic carbocycles. The van der Waals surface area contributed by atoms with Crippen molar-refractivity contribution in [2.75, 3.05) is 5.32 Å².